The van der Waals surface area contributed by atoms with Crippen LogP contribution in [0.5, 0.6) is 0 Å². The molecule has 86 valence electrons. The number of carbonyl (C=O) groups excluding carboxylic acids is 1. The number of aryl methyl sites for hydroxylation is 1. The van der Waals surface area contributed by atoms with Crippen molar-refractivity contribution in [1.82, 2.24) is 10.00 Å². The van der Waals surface area contributed by atoms with Crippen molar-refractivity contribution in [3.05, 3.63) is 24.0 Å². The van der Waals surface area contributed by atoms with E-state index in [1.807, 2.05) is 0 Å². The van der Waals surface area contributed by atoms with E-state index in [9.17, 15) is 9.59 Å². The first-order chi connectivity index (χ1) is 7.50. The van der Waals surface area contributed by atoms with Crippen LogP contribution in [-0.2, 0) is 11.3 Å². The molecule has 0 saturated heterocycles. The second kappa shape index (κ2) is 5.20. The molecule has 0 unspecified atom stereocenters. The number of amides is 1. The Bertz CT molecular complexity index is 387. The predicted molar refractivity (Wildman–Crippen MR) is 54.7 cm³/mol. The van der Waals surface area contributed by atoms with Crippen molar-refractivity contribution < 1.29 is 19.4 Å². The van der Waals surface area contributed by atoms with Gasteiger partial charge in [-0.3, -0.25) is 4.79 Å². The van der Waals surface area contributed by atoms with Crippen LogP contribution in [0.1, 0.15) is 16.8 Å². The van der Waals surface area contributed by atoms with E-state index in [4.69, 9.17) is 5.11 Å². The second-order valence-electron chi connectivity index (χ2n) is 3.52. The predicted octanol–water partition coefficient (Wildman–Crippen LogP) is -0.454. The van der Waals surface area contributed by atoms with Gasteiger partial charge in [0.25, 0.3) is 0 Å². The summed E-state index contributed by atoms with van der Waals surface area (Å²) in [6.07, 6.45) is 3.16. The third kappa shape index (κ3) is 3.30. The highest BCUT2D eigenvalue weighted by Gasteiger charge is 2.11. The summed E-state index contributed by atoms with van der Waals surface area (Å²) in [7, 11) is 3.38. The summed E-state index contributed by atoms with van der Waals surface area (Å²) in [4.78, 5) is 23.3. The Balaban J connectivity index is 2.56. The van der Waals surface area contributed by atoms with Crippen molar-refractivity contribution in [2.24, 2.45) is 0 Å². The lowest BCUT2D eigenvalue weighted by Crippen LogP contribution is -2.40. The first-order valence-corrected chi connectivity index (χ1v) is 4.80. The van der Waals surface area contributed by atoms with Gasteiger partial charge in [-0.25, -0.2) is 4.79 Å². The smallest absolute Gasteiger partial charge is 0.337 e. The van der Waals surface area contributed by atoms with Crippen LogP contribution in [0.15, 0.2) is 18.5 Å². The number of rotatable bonds is 4. The quantitative estimate of drug-likeness (QED) is 0.703. The second-order valence-corrected chi connectivity index (χ2v) is 3.52. The van der Waals surface area contributed by atoms with Gasteiger partial charge in [-0.15, -0.1) is 0 Å². The van der Waals surface area contributed by atoms with Gasteiger partial charge in [0.05, 0.1) is 12.0 Å². The number of carbonyl (C=O) groups is 2. The lowest BCUT2D eigenvalue weighted by atomic mass is 10.3. The maximum atomic E-state index is 11.3. The molecule has 0 aliphatic rings. The molecule has 0 bridgehead atoms. The van der Waals surface area contributed by atoms with Crippen LogP contribution < -0.4 is 4.68 Å². The van der Waals surface area contributed by atoms with E-state index >= 15 is 0 Å². The summed E-state index contributed by atoms with van der Waals surface area (Å²) in [5.74, 6) is -0.999. The average Bonchev–Trinajstić information content (AvgIpc) is 2.26. The summed E-state index contributed by atoms with van der Waals surface area (Å²) < 4.78 is 1.54. The maximum absolute atomic E-state index is 11.3. The molecule has 0 radical (unpaired) electrons. The first-order valence-electron chi connectivity index (χ1n) is 4.80. The highest BCUT2D eigenvalue weighted by molar-refractivity contribution is 5.86. The van der Waals surface area contributed by atoms with Gasteiger partial charge in [0.1, 0.15) is 6.20 Å². The first kappa shape index (κ1) is 12.1. The zero-order chi connectivity index (χ0) is 12.1. The van der Waals surface area contributed by atoms with E-state index < -0.39 is 5.97 Å². The Labute approximate surface area is 93.1 Å². The van der Waals surface area contributed by atoms with Crippen LogP contribution in [0.4, 0.5) is 0 Å². The Hall–Kier alpha value is -1.98. The summed E-state index contributed by atoms with van der Waals surface area (Å²) >= 11 is 0. The number of hydrogen-bond donors (Lipinski definition) is 1. The fourth-order valence-electron chi connectivity index (χ4n) is 1.08. The Morgan fingerprint density at radius 2 is 2.19 bits per heavy atom. The van der Waals surface area contributed by atoms with Crippen LogP contribution >= 0.6 is 0 Å². The van der Waals surface area contributed by atoms with Crippen molar-refractivity contribution in [2.75, 3.05) is 14.1 Å². The van der Waals surface area contributed by atoms with Gasteiger partial charge in [0.2, 0.25) is 5.91 Å². The highest BCUT2D eigenvalue weighted by atomic mass is 16.4. The topological polar surface area (TPSA) is 74.4 Å². The Morgan fingerprint density at radius 1 is 1.50 bits per heavy atom. The molecular weight excluding hydrogens is 210 g/mol. The van der Waals surface area contributed by atoms with E-state index in [-0.39, 0.29) is 11.5 Å². The molecule has 1 rings (SSSR count). The van der Waals surface area contributed by atoms with Crippen molar-refractivity contribution in [3.8, 4) is 0 Å². The molecule has 6 nitrogen and oxygen atoms in total. The molecular formula is C10H14N3O3+. The fraction of sp³-hybridized carbons (Fsp3) is 0.400. The zero-order valence-corrected chi connectivity index (χ0v) is 9.25. The Morgan fingerprint density at radius 3 is 2.62 bits per heavy atom. The number of carboxylic acids is 1. The minimum atomic E-state index is -1.01. The molecule has 1 aromatic rings. The van der Waals surface area contributed by atoms with Gasteiger partial charge in [0, 0.05) is 20.2 Å². The van der Waals surface area contributed by atoms with Crippen LogP contribution in [0.2, 0.25) is 0 Å². The Kier molecular flexibility index (Phi) is 3.93. The summed E-state index contributed by atoms with van der Waals surface area (Å²) in [6, 6.07) is 1.45. The summed E-state index contributed by atoms with van der Waals surface area (Å²) in [5, 5.41) is 12.6. The SMILES string of the molecule is CN(C)C(=O)CC[n+]1ccc(C(=O)O)cn1. The lowest BCUT2D eigenvalue weighted by Gasteiger charge is -2.07. The van der Waals surface area contributed by atoms with E-state index in [1.54, 1.807) is 20.3 Å². The fourth-order valence-corrected chi connectivity index (χ4v) is 1.08. The molecule has 0 atom stereocenters. The normalized spacial score (nSPS) is 9.88. The molecule has 1 amide bonds. The van der Waals surface area contributed by atoms with Gasteiger partial charge in [-0.1, -0.05) is 4.68 Å². The van der Waals surface area contributed by atoms with E-state index in [0.717, 1.165) is 0 Å². The number of aromatic nitrogens is 2. The van der Waals surface area contributed by atoms with Crippen molar-refractivity contribution in [1.29, 1.82) is 0 Å². The van der Waals surface area contributed by atoms with Crippen molar-refractivity contribution in [2.45, 2.75) is 13.0 Å². The maximum Gasteiger partial charge on any atom is 0.337 e. The summed E-state index contributed by atoms with van der Waals surface area (Å²) in [5.41, 5.74) is 0.134. The molecule has 1 heterocycles. The molecule has 0 fully saturated rings. The largest absolute Gasteiger partial charge is 0.478 e. The minimum Gasteiger partial charge on any atom is -0.478 e. The van der Waals surface area contributed by atoms with Gasteiger partial charge in [0.15, 0.2) is 12.7 Å². The van der Waals surface area contributed by atoms with Crippen LogP contribution in [0.3, 0.4) is 0 Å². The zero-order valence-electron chi connectivity index (χ0n) is 9.25. The molecule has 16 heavy (non-hydrogen) atoms. The number of aromatic carboxylic acids is 1. The third-order valence-corrected chi connectivity index (χ3v) is 2.07. The van der Waals surface area contributed by atoms with Crippen LogP contribution in [0, 0.1) is 0 Å². The van der Waals surface area contributed by atoms with Gasteiger partial charge in [-0.2, -0.15) is 0 Å². The standard InChI is InChI=1S/C10H13N3O3/c1-12(2)9(14)4-6-13-5-3-8(7-11-13)10(15)16/h3,5,7H,4,6H2,1-2H3/p+1. The molecule has 6 heteroatoms. The van der Waals surface area contributed by atoms with Crippen molar-refractivity contribution in [3.63, 3.8) is 0 Å². The average molecular weight is 224 g/mol. The molecule has 0 saturated carbocycles. The molecule has 0 aliphatic heterocycles. The van der Waals surface area contributed by atoms with E-state index in [1.165, 1.54) is 21.8 Å². The van der Waals surface area contributed by atoms with Gasteiger partial charge in [-0.05, 0) is 5.10 Å². The number of nitrogens with zero attached hydrogens (tertiary/aromatic N) is 3. The van der Waals surface area contributed by atoms with E-state index in [2.05, 4.69) is 5.10 Å². The van der Waals surface area contributed by atoms with E-state index in [0.29, 0.717) is 13.0 Å². The molecule has 1 aromatic heterocycles. The van der Waals surface area contributed by atoms with Crippen LogP contribution in [-0.4, -0.2) is 41.1 Å². The number of carboxylic acid groups (broad SMARTS) is 1. The molecule has 1 N–H and O–H groups in total. The highest BCUT2D eigenvalue weighted by Crippen LogP contribution is 1.92. The number of hydrogen-bond acceptors (Lipinski definition) is 3. The monoisotopic (exact) mass is 224 g/mol. The third-order valence-electron chi connectivity index (χ3n) is 2.07. The van der Waals surface area contributed by atoms with Gasteiger partial charge >= 0.3 is 5.97 Å². The minimum absolute atomic E-state index is 0.0108. The van der Waals surface area contributed by atoms with Gasteiger partial charge < -0.3 is 10.0 Å². The summed E-state index contributed by atoms with van der Waals surface area (Å²) in [6.45, 7) is 0.441. The molecule has 0 aromatic carbocycles. The molecule has 0 aliphatic carbocycles. The van der Waals surface area contributed by atoms with Crippen LogP contribution in [0.25, 0.3) is 0 Å². The lowest BCUT2D eigenvalue weighted by molar-refractivity contribution is -0.753. The molecule has 0 spiro atoms. The van der Waals surface area contributed by atoms with Crippen molar-refractivity contribution >= 4 is 11.9 Å².